The molecule has 15 heavy (non-hydrogen) atoms. The second kappa shape index (κ2) is 5320000. The third-order valence-electron chi connectivity index (χ3n) is 0. The minimum absolute atomic E-state index is 0. The van der Waals surface area contributed by atoms with Crippen LogP contribution in [-0.4, -0.2) is 21.7 Å². The van der Waals surface area contributed by atoms with Gasteiger partial charge in [-0.3, -0.25) is 0 Å². The molecule has 0 aliphatic carbocycles. The molecule has 2 radical (unpaired) electrons. The molecule has 0 heterocycles. The normalized spacial score (nSPS) is 1.13. The summed E-state index contributed by atoms with van der Waals surface area (Å²) in [5.74, 6) is 0. The fourth-order valence-electron chi connectivity index (χ4n) is 0. The zero-order valence-electron chi connectivity index (χ0n) is 7.48. The molecule has 0 N–H and O–H groups in total. The van der Waals surface area contributed by atoms with E-state index in [0.717, 1.165) is 0 Å². The van der Waals surface area contributed by atoms with Gasteiger partial charge >= 0.3 is 84.8 Å². The van der Waals surface area contributed by atoms with Crippen LogP contribution >= 0.6 is 0 Å². The van der Waals surface area contributed by atoms with Crippen LogP contribution < -0.4 is 51.4 Å². The van der Waals surface area contributed by atoms with Gasteiger partial charge in [-0.2, -0.15) is 0 Å². The first-order valence-corrected chi connectivity index (χ1v) is 7.06. The van der Waals surface area contributed by atoms with E-state index >= 15 is 0 Å². The summed E-state index contributed by atoms with van der Waals surface area (Å²) < 4.78 is 0. The van der Waals surface area contributed by atoms with Crippen LogP contribution in [0.25, 0.3) is 0 Å². The average molecular weight is 460 g/mol. The summed E-state index contributed by atoms with van der Waals surface area (Å²) in [6.45, 7) is 28.5. The third-order valence-corrected chi connectivity index (χ3v) is 0. The molecular weight excluding hydrogens is 460 g/mol. The van der Waals surface area contributed by atoms with E-state index in [4.69, 9.17) is 71.0 Å². The topological polar surface area (TPSA) is 143 Å². The molecular formula is C6BiFeKN6-4. The second-order valence-corrected chi connectivity index (χ2v) is 0. The van der Waals surface area contributed by atoms with Crippen molar-refractivity contribution in [3.63, 3.8) is 0 Å². The molecule has 9 heteroatoms. The van der Waals surface area contributed by atoms with Gasteiger partial charge in [-0.25, -0.2) is 0 Å². The predicted octanol–water partition coefficient (Wildman–Crippen LogP) is -2.80. The first kappa shape index (κ1) is 60.1. The number of nitrogens with zero attached hydrogens (tertiary/aromatic N) is 6. The van der Waals surface area contributed by atoms with Crippen molar-refractivity contribution in [1.82, 2.24) is 0 Å². The molecule has 0 aromatic carbocycles. The first-order chi connectivity index (χ1) is 7.00. The van der Waals surface area contributed by atoms with Gasteiger partial charge in [0.25, 0.3) is 0 Å². The van der Waals surface area contributed by atoms with Gasteiger partial charge in [-0.05, 0) is 0 Å². The SMILES string of the molecule is [C-]#N.[C-]#N.[C-]#N.[C-]#N.[C-]#N.[C-]#N.[Fe]=[Bi+].[K+]. The summed E-state index contributed by atoms with van der Waals surface area (Å²) in [4.78, 5) is 0. The maximum Gasteiger partial charge on any atom is 1.00 e. The van der Waals surface area contributed by atoms with Gasteiger partial charge < -0.3 is 71.0 Å². The summed E-state index contributed by atoms with van der Waals surface area (Å²) >= 11 is 4.56. The van der Waals surface area contributed by atoms with Gasteiger partial charge in [-0.1, -0.05) is 0 Å². The van der Waals surface area contributed by atoms with Crippen molar-refractivity contribution in [2.24, 2.45) is 0 Å². The van der Waals surface area contributed by atoms with E-state index in [1.807, 2.05) is 0 Å². The summed E-state index contributed by atoms with van der Waals surface area (Å²) in [7, 11) is 0. The molecule has 0 aliphatic rings. The summed E-state index contributed by atoms with van der Waals surface area (Å²) in [6, 6.07) is 0. The van der Waals surface area contributed by atoms with Crippen LogP contribution in [0.4, 0.5) is 0 Å². The van der Waals surface area contributed by atoms with Gasteiger partial charge in [0.15, 0.2) is 0 Å². The van der Waals surface area contributed by atoms with E-state index in [1.54, 1.807) is 0 Å². The Labute approximate surface area is 153 Å². The molecule has 0 saturated heterocycles. The van der Waals surface area contributed by atoms with E-state index in [9.17, 15) is 0 Å². The zero-order chi connectivity index (χ0) is 14.0. The Hall–Kier alpha value is -0.0210. The fourth-order valence-corrected chi connectivity index (χ4v) is 0. The quantitative estimate of drug-likeness (QED) is 0.283. The van der Waals surface area contributed by atoms with Crippen molar-refractivity contribution >= 4 is 21.7 Å². The maximum absolute atomic E-state index is 6.25. The molecule has 0 bridgehead atoms. The van der Waals surface area contributed by atoms with Crippen LogP contribution in [-0.2, 0) is 11.7 Å². The maximum atomic E-state index is 6.25. The van der Waals surface area contributed by atoms with Crippen molar-refractivity contribution in [3.8, 4) is 0 Å². The Kier molecular flexibility index (Phi) is 21300000. The Morgan fingerprint density at radius 2 is 0.467 bits per heavy atom. The van der Waals surface area contributed by atoms with Crippen molar-refractivity contribution in [2.45, 2.75) is 0 Å². The van der Waals surface area contributed by atoms with Gasteiger partial charge in [0.05, 0.1) is 0 Å². The molecule has 0 aliphatic heterocycles. The molecule has 0 saturated carbocycles. The van der Waals surface area contributed by atoms with Gasteiger partial charge in [0.2, 0.25) is 0 Å². The fraction of sp³-hybridized carbons (Fsp3) is 0. The van der Waals surface area contributed by atoms with Crippen molar-refractivity contribution in [2.75, 3.05) is 0 Å². The molecule has 0 unspecified atom stereocenters. The molecule has 72 valence electrons. The Morgan fingerprint density at radius 3 is 0.467 bits per heavy atom. The largest absolute Gasteiger partial charge is 1.00 e. The standard InChI is InChI=1S/6CN.Bi.Fe.K/c6*1-2;;;/q6*-1;+1;;+1. The summed E-state index contributed by atoms with van der Waals surface area (Å²) in [5.41, 5.74) is 0. The smallest absolute Gasteiger partial charge is 1.00 e. The zero-order valence-corrected chi connectivity index (χ0v) is 15.2. The van der Waals surface area contributed by atoms with E-state index in [1.165, 1.54) is 21.7 Å². The van der Waals surface area contributed by atoms with Crippen molar-refractivity contribution in [1.29, 1.82) is 31.6 Å². The average Bonchev–Trinajstić information content (AvgIpc) is 2.45. The van der Waals surface area contributed by atoms with Crippen LogP contribution in [0.15, 0.2) is 0 Å². The Morgan fingerprint density at radius 1 is 0.467 bits per heavy atom. The Balaban J connectivity index is -0.00000000628. The van der Waals surface area contributed by atoms with Crippen LogP contribution in [0.3, 0.4) is 0 Å². The monoisotopic (exact) mass is 460 g/mol. The van der Waals surface area contributed by atoms with E-state index in [-0.39, 0.29) is 51.4 Å². The molecule has 0 spiro atoms. The molecule has 0 aromatic rings. The van der Waals surface area contributed by atoms with Crippen LogP contribution in [0.1, 0.15) is 0 Å². The second-order valence-electron chi connectivity index (χ2n) is 0. The molecule has 0 aromatic heterocycles. The van der Waals surface area contributed by atoms with Crippen LogP contribution in [0, 0.1) is 71.0 Å². The minimum atomic E-state index is 0. The number of hydrogen-bond donors (Lipinski definition) is 0. The van der Waals surface area contributed by atoms with Gasteiger partial charge in [-0.15, -0.1) is 0 Å². The molecule has 6 nitrogen and oxygen atoms in total. The van der Waals surface area contributed by atoms with Gasteiger partial charge in [0, 0.05) is 0 Å². The van der Waals surface area contributed by atoms with Gasteiger partial charge in [0.1, 0.15) is 0 Å². The van der Waals surface area contributed by atoms with E-state index < -0.39 is 0 Å². The predicted molar refractivity (Wildman–Crippen MR) is 35.6 cm³/mol. The molecule has 0 atom stereocenters. The minimum Gasteiger partial charge on any atom is 1.00 e. The van der Waals surface area contributed by atoms with E-state index in [0.29, 0.717) is 0 Å². The number of rotatable bonds is 0. The van der Waals surface area contributed by atoms with E-state index in [2.05, 4.69) is 11.7 Å². The van der Waals surface area contributed by atoms with Crippen LogP contribution in [0.5, 0.6) is 0 Å². The molecule has 0 rings (SSSR count). The molecule has 0 fully saturated rings. The molecule has 0 amide bonds. The Bertz CT molecular complexity index is 114. The van der Waals surface area contributed by atoms with Crippen molar-refractivity contribution < 1.29 is 63.1 Å². The summed E-state index contributed by atoms with van der Waals surface area (Å²) in [6.07, 6.45) is 0. The third kappa shape index (κ3) is 4530000. The number of hydrogen-bond acceptors (Lipinski definition) is 6. The van der Waals surface area contributed by atoms with Crippen molar-refractivity contribution in [3.05, 3.63) is 39.4 Å². The van der Waals surface area contributed by atoms with Crippen LogP contribution in [0.2, 0.25) is 0 Å². The summed E-state index contributed by atoms with van der Waals surface area (Å²) in [5, 5.41) is 37.5. The first-order valence-electron chi connectivity index (χ1n) is 1.50.